The lowest BCUT2D eigenvalue weighted by Crippen LogP contribution is -2.44. The molecule has 1 heterocycles. The highest BCUT2D eigenvalue weighted by Crippen LogP contribution is 2.14. The van der Waals surface area contributed by atoms with E-state index in [9.17, 15) is 0 Å². The fourth-order valence-electron chi connectivity index (χ4n) is 2.67. The van der Waals surface area contributed by atoms with Gasteiger partial charge in [-0.15, -0.1) is 0 Å². The third-order valence-electron chi connectivity index (χ3n) is 3.87. The molecule has 2 N–H and O–H groups in total. The van der Waals surface area contributed by atoms with Gasteiger partial charge in [-0.2, -0.15) is 0 Å². The van der Waals surface area contributed by atoms with Crippen molar-refractivity contribution in [2.45, 2.75) is 26.2 Å². The second-order valence-electron chi connectivity index (χ2n) is 5.93. The smallest absolute Gasteiger partial charge is 0.191 e. The lowest BCUT2D eigenvalue weighted by Gasteiger charge is -2.30. The minimum absolute atomic E-state index is 0.659. The maximum Gasteiger partial charge on any atom is 0.191 e. The number of ether oxygens (including phenoxy) is 2. The number of piperidine rings is 1. The Kier molecular flexibility index (Phi) is 11.1. The molecule has 1 saturated heterocycles. The first kappa shape index (κ1) is 19.2. The molecular weight excluding hydrogens is 280 g/mol. The number of nitrogens with zero attached hydrogens (tertiary/aromatic N) is 2. The van der Waals surface area contributed by atoms with E-state index in [0.717, 1.165) is 44.5 Å². The molecule has 0 aromatic rings. The van der Waals surface area contributed by atoms with Crippen LogP contribution in [0.5, 0.6) is 0 Å². The highest BCUT2D eigenvalue weighted by atomic mass is 16.5. The number of rotatable bonds is 10. The van der Waals surface area contributed by atoms with Crippen LogP contribution >= 0.6 is 0 Å². The van der Waals surface area contributed by atoms with Crippen LogP contribution in [-0.2, 0) is 9.47 Å². The summed E-state index contributed by atoms with van der Waals surface area (Å²) in [5.41, 5.74) is 0. The van der Waals surface area contributed by atoms with E-state index < -0.39 is 0 Å². The molecule has 6 nitrogen and oxygen atoms in total. The number of likely N-dealkylation sites (tertiary alicyclic amines) is 1. The van der Waals surface area contributed by atoms with Gasteiger partial charge in [0.05, 0.1) is 13.2 Å². The molecule has 0 aliphatic carbocycles. The van der Waals surface area contributed by atoms with E-state index >= 15 is 0 Å². The van der Waals surface area contributed by atoms with Crippen LogP contribution in [0.15, 0.2) is 4.99 Å². The summed E-state index contributed by atoms with van der Waals surface area (Å²) >= 11 is 0. The maximum atomic E-state index is 5.43. The first-order valence-corrected chi connectivity index (χ1v) is 8.49. The average molecular weight is 314 g/mol. The molecule has 0 amide bonds. The van der Waals surface area contributed by atoms with Gasteiger partial charge >= 0.3 is 0 Å². The molecule has 1 rings (SSSR count). The van der Waals surface area contributed by atoms with E-state index in [4.69, 9.17) is 9.47 Å². The van der Waals surface area contributed by atoms with Crippen LogP contribution < -0.4 is 10.6 Å². The Morgan fingerprint density at radius 2 is 2.05 bits per heavy atom. The molecule has 1 aliphatic rings. The normalized spacial score (nSPS) is 20.1. The average Bonchev–Trinajstić information content (AvgIpc) is 2.52. The Balaban J connectivity index is 2.00. The maximum absolute atomic E-state index is 5.43. The molecule has 1 atom stereocenters. The van der Waals surface area contributed by atoms with Crippen LogP contribution in [0.1, 0.15) is 26.2 Å². The van der Waals surface area contributed by atoms with Gasteiger partial charge in [-0.05, 0) is 31.7 Å². The van der Waals surface area contributed by atoms with E-state index in [-0.39, 0.29) is 0 Å². The van der Waals surface area contributed by atoms with Crippen LogP contribution in [0.25, 0.3) is 0 Å². The third-order valence-corrected chi connectivity index (χ3v) is 3.87. The summed E-state index contributed by atoms with van der Waals surface area (Å²) < 4.78 is 10.4. The van der Waals surface area contributed by atoms with Crippen LogP contribution in [0, 0.1) is 5.92 Å². The van der Waals surface area contributed by atoms with Gasteiger partial charge in [-0.3, -0.25) is 4.99 Å². The van der Waals surface area contributed by atoms with Crippen molar-refractivity contribution < 1.29 is 9.47 Å². The fraction of sp³-hybridized carbons (Fsp3) is 0.938. The van der Waals surface area contributed by atoms with Crippen molar-refractivity contribution in [2.75, 3.05) is 66.7 Å². The van der Waals surface area contributed by atoms with Gasteiger partial charge in [-0.25, -0.2) is 0 Å². The summed E-state index contributed by atoms with van der Waals surface area (Å²) in [6.07, 6.45) is 3.67. The quantitative estimate of drug-likeness (QED) is 0.357. The van der Waals surface area contributed by atoms with Crippen molar-refractivity contribution >= 4 is 5.96 Å². The van der Waals surface area contributed by atoms with E-state index in [1.807, 2.05) is 7.05 Å². The van der Waals surface area contributed by atoms with Gasteiger partial charge in [-0.1, -0.05) is 6.92 Å². The number of hydrogen-bond donors (Lipinski definition) is 2. The number of hydrogen-bond acceptors (Lipinski definition) is 4. The first-order valence-electron chi connectivity index (χ1n) is 8.49. The fourth-order valence-corrected chi connectivity index (χ4v) is 2.67. The predicted molar refractivity (Wildman–Crippen MR) is 91.5 cm³/mol. The van der Waals surface area contributed by atoms with Gasteiger partial charge in [0.25, 0.3) is 0 Å². The zero-order valence-electron chi connectivity index (χ0n) is 14.6. The van der Waals surface area contributed by atoms with Crippen molar-refractivity contribution in [1.82, 2.24) is 15.5 Å². The Bertz CT molecular complexity index is 300. The van der Waals surface area contributed by atoms with E-state index in [1.165, 1.54) is 25.9 Å². The van der Waals surface area contributed by atoms with Crippen molar-refractivity contribution in [3.63, 3.8) is 0 Å². The molecule has 0 radical (unpaired) electrons. The molecule has 0 saturated carbocycles. The second kappa shape index (κ2) is 12.7. The Morgan fingerprint density at radius 1 is 1.23 bits per heavy atom. The standard InChI is InChI=1S/C16H34N4O2/c1-15-6-4-9-20(14-15)10-8-19-16(17-2)18-7-5-11-22-13-12-21-3/h15H,4-14H2,1-3H3,(H2,17,18,19). The molecule has 1 aliphatic heterocycles. The van der Waals surface area contributed by atoms with Gasteiger partial charge in [0.15, 0.2) is 5.96 Å². The van der Waals surface area contributed by atoms with Crippen LogP contribution in [0.3, 0.4) is 0 Å². The molecule has 130 valence electrons. The van der Waals surface area contributed by atoms with E-state index in [0.29, 0.717) is 13.2 Å². The number of methoxy groups -OCH3 is 1. The van der Waals surface area contributed by atoms with Crippen molar-refractivity contribution in [3.8, 4) is 0 Å². The minimum atomic E-state index is 0.659. The van der Waals surface area contributed by atoms with E-state index in [2.05, 4.69) is 27.4 Å². The highest BCUT2D eigenvalue weighted by Gasteiger charge is 2.15. The summed E-state index contributed by atoms with van der Waals surface area (Å²) in [7, 11) is 3.50. The number of guanidine groups is 1. The topological polar surface area (TPSA) is 58.1 Å². The van der Waals surface area contributed by atoms with Crippen LogP contribution in [0.4, 0.5) is 0 Å². The Hall–Kier alpha value is -0.850. The van der Waals surface area contributed by atoms with Gasteiger partial charge < -0.3 is 25.0 Å². The van der Waals surface area contributed by atoms with Crippen molar-refractivity contribution in [3.05, 3.63) is 0 Å². The molecular formula is C16H34N4O2. The Morgan fingerprint density at radius 3 is 2.77 bits per heavy atom. The SMILES string of the molecule is CN=C(NCCCOCCOC)NCCN1CCCC(C)C1. The van der Waals surface area contributed by atoms with Crippen molar-refractivity contribution in [1.29, 1.82) is 0 Å². The largest absolute Gasteiger partial charge is 0.382 e. The molecule has 1 fully saturated rings. The third kappa shape index (κ3) is 9.23. The number of nitrogens with one attached hydrogen (secondary N) is 2. The molecule has 1 unspecified atom stereocenters. The number of aliphatic imine (C=N–C) groups is 1. The zero-order chi connectivity index (χ0) is 16.0. The molecule has 0 bridgehead atoms. The summed E-state index contributed by atoms with van der Waals surface area (Å²) in [4.78, 5) is 6.79. The summed E-state index contributed by atoms with van der Waals surface area (Å²) in [6.45, 7) is 9.77. The monoisotopic (exact) mass is 314 g/mol. The highest BCUT2D eigenvalue weighted by molar-refractivity contribution is 5.79. The summed E-state index contributed by atoms with van der Waals surface area (Å²) in [5.74, 6) is 1.71. The van der Waals surface area contributed by atoms with Crippen molar-refractivity contribution in [2.24, 2.45) is 10.9 Å². The first-order chi connectivity index (χ1) is 10.8. The van der Waals surface area contributed by atoms with Crippen LogP contribution in [-0.4, -0.2) is 77.6 Å². The van der Waals surface area contributed by atoms with Crippen LogP contribution in [0.2, 0.25) is 0 Å². The van der Waals surface area contributed by atoms with Gasteiger partial charge in [0.2, 0.25) is 0 Å². The van der Waals surface area contributed by atoms with E-state index in [1.54, 1.807) is 7.11 Å². The molecule has 6 heteroatoms. The van der Waals surface area contributed by atoms with Gasteiger partial charge in [0.1, 0.15) is 0 Å². The second-order valence-corrected chi connectivity index (χ2v) is 5.93. The zero-order valence-corrected chi connectivity index (χ0v) is 14.6. The molecule has 0 spiro atoms. The lowest BCUT2D eigenvalue weighted by atomic mass is 10.0. The molecule has 22 heavy (non-hydrogen) atoms. The lowest BCUT2D eigenvalue weighted by molar-refractivity contribution is 0.0698. The van der Waals surface area contributed by atoms with Gasteiger partial charge in [0, 0.05) is 46.9 Å². The minimum Gasteiger partial charge on any atom is -0.382 e. The summed E-state index contributed by atoms with van der Waals surface area (Å²) in [5, 5.41) is 6.70. The molecule has 0 aromatic heterocycles. The Labute approximate surface area is 135 Å². The summed E-state index contributed by atoms with van der Waals surface area (Å²) in [6, 6.07) is 0. The predicted octanol–water partition coefficient (Wildman–Crippen LogP) is 0.936. The molecule has 0 aromatic carbocycles.